The fourth-order valence-corrected chi connectivity index (χ4v) is 2.14. The van der Waals surface area contributed by atoms with E-state index >= 15 is 0 Å². The van der Waals surface area contributed by atoms with Gasteiger partial charge in [-0.05, 0) is 27.2 Å². The van der Waals surface area contributed by atoms with Crippen molar-refractivity contribution >= 4 is 11.9 Å². The lowest BCUT2D eigenvalue weighted by molar-refractivity contribution is 0.0378. The van der Waals surface area contributed by atoms with E-state index in [9.17, 15) is 0 Å². The second-order valence-electron chi connectivity index (χ2n) is 5.29. The lowest BCUT2D eigenvalue weighted by atomic mass is 10.2. The van der Waals surface area contributed by atoms with Crippen LogP contribution in [0.2, 0.25) is 0 Å². The molecule has 7 heteroatoms. The van der Waals surface area contributed by atoms with Crippen molar-refractivity contribution in [1.82, 2.24) is 15.0 Å². The Morgan fingerprint density at radius 1 is 1.33 bits per heavy atom. The van der Waals surface area contributed by atoms with E-state index in [4.69, 9.17) is 9.47 Å². The van der Waals surface area contributed by atoms with Crippen LogP contribution in [-0.4, -0.2) is 53.4 Å². The number of morpholine rings is 1. The average Bonchev–Trinajstić information content (AvgIpc) is 2.46. The van der Waals surface area contributed by atoms with E-state index in [1.807, 2.05) is 20.8 Å². The van der Waals surface area contributed by atoms with Crippen molar-refractivity contribution in [3.8, 4) is 6.01 Å². The first-order valence-corrected chi connectivity index (χ1v) is 7.65. The number of nitrogens with zero attached hydrogens (tertiary/aromatic N) is 4. The molecule has 0 amide bonds. The highest BCUT2D eigenvalue weighted by Crippen LogP contribution is 2.19. The summed E-state index contributed by atoms with van der Waals surface area (Å²) >= 11 is 0. The number of aromatic nitrogens is 3. The largest absolute Gasteiger partial charge is 0.461 e. The quantitative estimate of drug-likeness (QED) is 0.856. The first-order valence-electron chi connectivity index (χ1n) is 7.65. The Bertz CT molecular complexity index is 455. The van der Waals surface area contributed by atoms with Gasteiger partial charge in [0.2, 0.25) is 11.9 Å². The lowest BCUT2D eigenvalue weighted by Crippen LogP contribution is -2.43. The minimum Gasteiger partial charge on any atom is -0.461 e. The molecule has 0 spiro atoms. The molecule has 0 aliphatic carbocycles. The summed E-state index contributed by atoms with van der Waals surface area (Å²) in [5.74, 6) is 1.20. The number of hydrogen-bond acceptors (Lipinski definition) is 7. The predicted molar refractivity (Wildman–Crippen MR) is 82.0 cm³/mol. The number of nitrogens with one attached hydrogen (secondary N) is 1. The van der Waals surface area contributed by atoms with Gasteiger partial charge in [0, 0.05) is 19.6 Å². The lowest BCUT2D eigenvalue weighted by Gasteiger charge is -2.32. The van der Waals surface area contributed by atoms with Crippen molar-refractivity contribution < 1.29 is 9.47 Å². The fourth-order valence-electron chi connectivity index (χ4n) is 2.14. The number of anilines is 2. The topological polar surface area (TPSA) is 72.4 Å². The second-order valence-corrected chi connectivity index (χ2v) is 5.29. The minimum atomic E-state index is 0.0304. The van der Waals surface area contributed by atoms with E-state index in [1.165, 1.54) is 0 Å². The Hall–Kier alpha value is -1.63. The van der Waals surface area contributed by atoms with E-state index in [0.29, 0.717) is 24.5 Å². The molecule has 1 aliphatic rings. The molecule has 1 atom stereocenters. The smallest absolute Gasteiger partial charge is 0.323 e. The van der Waals surface area contributed by atoms with Gasteiger partial charge in [-0.25, -0.2) is 0 Å². The maximum Gasteiger partial charge on any atom is 0.323 e. The van der Waals surface area contributed by atoms with Crippen LogP contribution < -0.4 is 15.0 Å². The van der Waals surface area contributed by atoms with Gasteiger partial charge in [0.25, 0.3) is 0 Å². The maximum atomic E-state index is 5.69. The van der Waals surface area contributed by atoms with Crippen LogP contribution in [0.4, 0.5) is 11.9 Å². The number of hydrogen-bond donors (Lipinski definition) is 1. The normalized spacial score (nSPS) is 18.9. The molecule has 1 saturated heterocycles. The summed E-state index contributed by atoms with van der Waals surface area (Å²) in [7, 11) is 0. The zero-order chi connectivity index (χ0) is 15.2. The van der Waals surface area contributed by atoms with E-state index in [2.05, 4.69) is 32.1 Å². The molecule has 1 aromatic heterocycles. The van der Waals surface area contributed by atoms with Crippen LogP contribution in [0.3, 0.4) is 0 Å². The van der Waals surface area contributed by atoms with E-state index in [0.717, 1.165) is 26.1 Å². The monoisotopic (exact) mass is 295 g/mol. The summed E-state index contributed by atoms with van der Waals surface area (Å²) in [6, 6.07) is 0.366. The van der Waals surface area contributed by atoms with Gasteiger partial charge in [-0.1, -0.05) is 6.92 Å². The Kier molecular flexibility index (Phi) is 5.55. The van der Waals surface area contributed by atoms with Crippen LogP contribution in [0.15, 0.2) is 0 Å². The average molecular weight is 295 g/mol. The molecule has 1 unspecified atom stereocenters. The van der Waals surface area contributed by atoms with Gasteiger partial charge in [-0.3, -0.25) is 0 Å². The van der Waals surface area contributed by atoms with Crippen LogP contribution in [-0.2, 0) is 4.74 Å². The Morgan fingerprint density at radius 2 is 2.14 bits per heavy atom. The predicted octanol–water partition coefficient (Wildman–Crippen LogP) is 1.71. The molecule has 0 bridgehead atoms. The third kappa shape index (κ3) is 4.42. The van der Waals surface area contributed by atoms with Gasteiger partial charge in [-0.2, -0.15) is 15.0 Å². The fraction of sp³-hybridized carbons (Fsp3) is 0.786. The summed E-state index contributed by atoms with van der Waals surface area (Å²) in [6.45, 7) is 11.1. The molecule has 1 N–H and O–H groups in total. The summed E-state index contributed by atoms with van der Waals surface area (Å²) in [5, 5.41) is 3.13. The molecular weight excluding hydrogens is 270 g/mol. The maximum absolute atomic E-state index is 5.69. The zero-order valence-electron chi connectivity index (χ0n) is 13.3. The van der Waals surface area contributed by atoms with Crippen LogP contribution >= 0.6 is 0 Å². The summed E-state index contributed by atoms with van der Waals surface area (Å²) in [5.41, 5.74) is 0. The summed E-state index contributed by atoms with van der Waals surface area (Å²) in [4.78, 5) is 15.3. The van der Waals surface area contributed by atoms with Gasteiger partial charge in [0.05, 0.1) is 18.8 Å². The molecule has 7 nitrogen and oxygen atoms in total. The molecule has 1 aliphatic heterocycles. The van der Waals surface area contributed by atoms with Crippen molar-refractivity contribution in [2.45, 2.75) is 46.3 Å². The standard InChI is InChI=1S/C14H25N5O2/c1-5-11-9-19(7-8-20-11)13-16-12(15-6-2)17-14(18-13)21-10(3)4/h10-11H,5-9H2,1-4H3,(H,15,16,17,18). The SMILES string of the molecule is CCNc1nc(OC(C)C)nc(N2CCOC(CC)C2)n1. The van der Waals surface area contributed by atoms with Crippen LogP contribution in [0.25, 0.3) is 0 Å². The second kappa shape index (κ2) is 7.40. The molecule has 0 saturated carbocycles. The first-order chi connectivity index (χ1) is 10.1. The summed E-state index contributed by atoms with van der Waals surface area (Å²) < 4.78 is 11.3. The highest BCUT2D eigenvalue weighted by molar-refractivity contribution is 5.38. The molecule has 1 aromatic rings. The summed E-state index contributed by atoms with van der Waals surface area (Å²) in [6.07, 6.45) is 1.24. The first kappa shape index (κ1) is 15.8. The van der Waals surface area contributed by atoms with Crippen molar-refractivity contribution in [3.63, 3.8) is 0 Å². The number of rotatable bonds is 6. The molecule has 2 heterocycles. The Labute approximate surface area is 126 Å². The highest BCUT2D eigenvalue weighted by Gasteiger charge is 2.22. The van der Waals surface area contributed by atoms with Crippen LogP contribution in [0.1, 0.15) is 34.1 Å². The molecular formula is C14H25N5O2. The Balaban J connectivity index is 2.21. The zero-order valence-corrected chi connectivity index (χ0v) is 13.3. The van der Waals surface area contributed by atoms with Crippen molar-refractivity contribution in [3.05, 3.63) is 0 Å². The molecule has 118 valence electrons. The molecule has 1 fully saturated rings. The molecule has 2 rings (SSSR count). The van der Waals surface area contributed by atoms with E-state index in [1.54, 1.807) is 0 Å². The van der Waals surface area contributed by atoms with Gasteiger partial charge < -0.3 is 19.7 Å². The van der Waals surface area contributed by atoms with Gasteiger partial charge in [0.15, 0.2) is 0 Å². The highest BCUT2D eigenvalue weighted by atomic mass is 16.5. The van der Waals surface area contributed by atoms with Gasteiger partial charge in [0.1, 0.15) is 0 Å². The number of ether oxygens (including phenoxy) is 2. The molecule has 0 aromatic carbocycles. The third-order valence-electron chi connectivity index (χ3n) is 3.16. The van der Waals surface area contributed by atoms with Gasteiger partial charge in [-0.15, -0.1) is 0 Å². The van der Waals surface area contributed by atoms with Crippen LogP contribution in [0, 0.1) is 0 Å². The van der Waals surface area contributed by atoms with E-state index < -0.39 is 0 Å². The van der Waals surface area contributed by atoms with Crippen molar-refractivity contribution in [1.29, 1.82) is 0 Å². The van der Waals surface area contributed by atoms with E-state index in [-0.39, 0.29) is 12.2 Å². The third-order valence-corrected chi connectivity index (χ3v) is 3.16. The van der Waals surface area contributed by atoms with Gasteiger partial charge >= 0.3 is 6.01 Å². The molecule has 0 radical (unpaired) electrons. The Morgan fingerprint density at radius 3 is 2.81 bits per heavy atom. The molecule has 21 heavy (non-hydrogen) atoms. The van der Waals surface area contributed by atoms with Crippen molar-refractivity contribution in [2.75, 3.05) is 36.5 Å². The minimum absolute atomic E-state index is 0.0304. The van der Waals surface area contributed by atoms with Crippen molar-refractivity contribution in [2.24, 2.45) is 0 Å². The van der Waals surface area contributed by atoms with Crippen LogP contribution in [0.5, 0.6) is 6.01 Å².